The number of carbonyl (C=O) groups excluding carboxylic acids is 2. The van der Waals surface area contributed by atoms with Gasteiger partial charge in [-0.1, -0.05) is 36.4 Å². The van der Waals surface area contributed by atoms with Crippen molar-refractivity contribution in [1.82, 2.24) is 4.57 Å². The van der Waals surface area contributed by atoms with Crippen LogP contribution in [0.5, 0.6) is 11.6 Å². The highest BCUT2D eigenvalue weighted by Crippen LogP contribution is 2.38. The largest absolute Gasteiger partial charge is 0.493 e. The highest BCUT2D eigenvalue weighted by molar-refractivity contribution is 5.96. The zero-order chi connectivity index (χ0) is 20.1. The van der Waals surface area contributed by atoms with Crippen LogP contribution in [-0.4, -0.2) is 35.3 Å². The Morgan fingerprint density at radius 2 is 1.82 bits per heavy atom. The summed E-state index contributed by atoms with van der Waals surface area (Å²) >= 11 is 0. The number of nitrogens with zero attached hydrogens (tertiary/aromatic N) is 3. The summed E-state index contributed by atoms with van der Waals surface area (Å²) in [7, 11) is 1.26. The topological polar surface area (TPSA) is 102 Å². The number of azo groups is 1. The molecule has 1 N–H and O–H groups in total. The van der Waals surface area contributed by atoms with E-state index >= 15 is 0 Å². The average molecular weight is 381 g/mol. The molecule has 0 saturated carbocycles. The number of methoxy groups -OCH3 is 1. The van der Waals surface area contributed by atoms with Crippen LogP contribution < -0.4 is 4.74 Å². The molecule has 0 bridgehead atoms. The lowest BCUT2D eigenvalue weighted by Crippen LogP contribution is -2.10. The number of para-hydroxylation sites is 2. The Morgan fingerprint density at radius 1 is 1.11 bits per heavy atom. The van der Waals surface area contributed by atoms with Crippen LogP contribution in [-0.2, 0) is 20.9 Å². The normalized spacial score (nSPS) is 11.1. The molecule has 0 unspecified atom stereocenters. The molecule has 1 aromatic heterocycles. The first-order chi connectivity index (χ1) is 13.5. The van der Waals surface area contributed by atoms with Crippen LogP contribution in [0.3, 0.4) is 0 Å². The first kappa shape index (κ1) is 19.1. The Labute approximate surface area is 161 Å². The SMILES string of the molecule is COC(=O)Cn1c(O)c(N=NC(=O)COc2ccccc2C)c2ccccc21. The van der Waals surface area contributed by atoms with E-state index in [2.05, 4.69) is 15.0 Å². The van der Waals surface area contributed by atoms with Gasteiger partial charge in [-0.2, -0.15) is 0 Å². The number of hydrogen-bond acceptors (Lipinski definition) is 6. The summed E-state index contributed by atoms with van der Waals surface area (Å²) in [6.45, 7) is 1.40. The molecular formula is C20H19N3O5. The number of esters is 1. The third kappa shape index (κ3) is 4.01. The van der Waals surface area contributed by atoms with E-state index in [0.29, 0.717) is 16.7 Å². The van der Waals surface area contributed by atoms with Crippen LogP contribution >= 0.6 is 0 Å². The van der Waals surface area contributed by atoms with Crippen LogP contribution in [0.2, 0.25) is 0 Å². The van der Waals surface area contributed by atoms with Gasteiger partial charge in [0.25, 0.3) is 0 Å². The van der Waals surface area contributed by atoms with E-state index in [1.165, 1.54) is 11.7 Å². The van der Waals surface area contributed by atoms with Crippen LogP contribution in [0, 0.1) is 6.92 Å². The number of hydrogen-bond donors (Lipinski definition) is 1. The van der Waals surface area contributed by atoms with Crippen molar-refractivity contribution >= 4 is 28.5 Å². The molecule has 1 amide bonds. The Morgan fingerprint density at radius 3 is 2.57 bits per heavy atom. The van der Waals surface area contributed by atoms with Gasteiger partial charge >= 0.3 is 11.9 Å². The lowest BCUT2D eigenvalue weighted by atomic mass is 10.2. The number of aromatic hydroxyl groups is 1. The summed E-state index contributed by atoms with van der Waals surface area (Å²) in [5, 5.41) is 18.6. The quantitative estimate of drug-likeness (QED) is 0.520. The van der Waals surface area contributed by atoms with Crippen LogP contribution in [0.25, 0.3) is 10.9 Å². The fourth-order valence-electron chi connectivity index (χ4n) is 2.72. The smallest absolute Gasteiger partial charge is 0.325 e. The maximum absolute atomic E-state index is 12.0. The molecule has 0 spiro atoms. The number of ether oxygens (including phenoxy) is 2. The first-order valence-electron chi connectivity index (χ1n) is 8.51. The van der Waals surface area contributed by atoms with E-state index in [1.807, 2.05) is 25.1 Å². The van der Waals surface area contributed by atoms with Crippen LogP contribution in [0.15, 0.2) is 58.8 Å². The van der Waals surface area contributed by atoms with E-state index in [0.717, 1.165) is 5.56 Å². The monoisotopic (exact) mass is 381 g/mol. The molecule has 0 fully saturated rings. The van der Waals surface area contributed by atoms with E-state index in [-0.39, 0.29) is 24.7 Å². The Bertz CT molecular complexity index is 1060. The fraction of sp³-hybridized carbons (Fsp3) is 0.200. The number of aromatic nitrogens is 1. The van der Waals surface area contributed by atoms with E-state index < -0.39 is 11.9 Å². The zero-order valence-electron chi connectivity index (χ0n) is 15.5. The Kier molecular flexibility index (Phi) is 5.69. The van der Waals surface area contributed by atoms with Gasteiger partial charge in [0.15, 0.2) is 12.3 Å². The van der Waals surface area contributed by atoms with E-state index in [1.54, 1.807) is 30.3 Å². The van der Waals surface area contributed by atoms with Crippen LogP contribution in [0.1, 0.15) is 5.56 Å². The van der Waals surface area contributed by atoms with Gasteiger partial charge in [-0.25, -0.2) is 0 Å². The predicted molar refractivity (Wildman–Crippen MR) is 102 cm³/mol. The summed E-state index contributed by atoms with van der Waals surface area (Å²) in [4.78, 5) is 23.7. The number of amides is 1. The maximum Gasteiger partial charge on any atom is 0.325 e. The van der Waals surface area contributed by atoms with Crippen molar-refractivity contribution in [2.24, 2.45) is 10.2 Å². The third-order valence-corrected chi connectivity index (χ3v) is 4.14. The molecule has 3 aromatic rings. The summed E-state index contributed by atoms with van der Waals surface area (Å²) < 4.78 is 11.4. The van der Waals surface area contributed by atoms with Crippen molar-refractivity contribution in [3.8, 4) is 11.6 Å². The number of carbonyl (C=O) groups is 2. The zero-order valence-corrected chi connectivity index (χ0v) is 15.5. The van der Waals surface area contributed by atoms with Gasteiger partial charge in [0.05, 0.1) is 12.6 Å². The lowest BCUT2D eigenvalue weighted by Gasteiger charge is -2.05. The molecule has 2 aromatic carbocycles. The lowest BCUT2D eigenvalue weighted by molar-refractivity contribution is -0.141. The second-order valence-corrected chi connectivity index (χ2v) is 6.00. The van der Waals surface area contributed by atoms with Gasteiger partial charge in [0, 0.05) is 5.39 Å². The average Bonchev–Trinajstić information content (AvgIpc) is 2.97. The molecule has 0 atom stereocenters. The maximum atomic E-state index is 12.0. The summed E-state index contributed by atoms with van der Waals surface area (Å²) in [5.41, 5.74) is 1.57. The molecule has 0 aliphatic carbocycles. The van der Waals surface area contributed by atoms with Crippen molar-refractivity contribution in [1.29, 1.82) is 0 Å². The van der Waals surface area contributed by atoms with Gasteiger partial charge in [-0.3, -0.25) is 14.2 Å². The van der Waals surface area contributed by atoms with Crippen molar-refractivity contribution in [3.63, 3.8) is 0 Å². The molecule has 8 nitrogen and oxygen atoms in total. The number of benzene rings is 2. The highest BCUT2D eigenvalue weighted by Gasteiger charge is 2.18. The Balaban J connectivity index is 1.81. The molecule has 0 saturated heterocycles. The first-order valence-corrected chi connectivity index (χ1v) is 8.51. The molecule has 144 valence electrons. The fourth-order valence-corrected chi connectivity index (χ4v) is 2.72. The van der Waals surface area contributed by atoms with Crippen LogP contribution in [0.4, 0.5) is 5.69 Å². The predicted octanol–water partition coefficient (Wildman–Crippen LogP) is 3.52. The number of fused-ring (bicyclic) bond motifs is 1. The van der Waals surface area contributed by atoms with Gasteiger partial charge in [-0.15, -0.1) is 10.2 Å². The molecule has 3 rings (SSSR count). The molecule has 28 heavy (non-hydrogen) atoms. The molecule has 8 heteroatoms. The minimum Gasteiger partial charge on any atom is -0.493 e. The standard InChI is InChI=1S/C20H19N3O5/c1-13-7-3-6-10-16(13)28-12-17(24)21-22-19-14-8-4-5-9-15(14)23(20(19)26)11-18(25)27-2/h3-10,26H,11-12H2,1-2H3. The second-order valence-electron chi connectivity index (χ2n) is 6.00. The minimum absolute atomic E-state index is 0.101. The van der Waals surface area contributed by atoms with Crippen molar-refractivity contribution in [3.05, 3.63) is 54.1 Å². The molecule has 1 heterocycles. The number of aryl methyl sites for hydroxylation is 1. The third-order valence-electron chi connectivity index (χ3n) is 4.14. The molecule has 0 aliphatic rings. The van der Waals surface area contributed by atoms with Gasteiger partial charge in [0.1, 0.15) is 12.3 Å². The van der Waals surface area contributed by atoms with Crippen molar-refractivity contribution in [2.45, 2.75) is 13.5 Å². The minimum atomic E-state index is -0.604. The van der Waals surface area contributed by atoms with E-state index in [9.17, 15) is 14.7 Å². The summed E-state index contributed by atoms with van der Waals surface area (Å²) in [6, 6.07) is 14.3. The molecule has 0 radical (unpaired) electrons. The Hall–Kier alpha value is -3.68. The van der Waals surface area contributed by atoms with Crippen molar-refractivity contribution in [2.75, 3.05) is 13.7 Å². The van der Waals surface area contributed by atoms with Gasteiger partial charge < -0.3 is 14.6 Å². The van der Waals surface area contributed by atoms with Crippen molar-refractivity contribution < 1.29 is 24.2 Å². The van der Waals surface area contributed by atoms with Gasteiger partial charge in [0.2, 0.25) is 5.88 Å². The second kappa shape index (κ2) is 8.34. The van der Waals surface area contributed by atoms with Gasteiger partial charge in [-0.05, 0) is 24.6 Å². The highest BCUT2D eigenvalue weighted by atomic mass is 16.5. The number of rotatable bonds is 6. The summed E-state index contributed by atoms with van der Waals surface area (Å²) in [5.74, 6) is -0.818. The molecule has 0 aliphatic heterocycles. The molecular weight excluding hydrogens is 362 g/mol. The van der Waals surface area contributed by atoms with E-state index in [4.69, 9.17) is 4.74 Å². The summed E-state index contributed by atoms with van der Waals surface area (Å²) in [6.07, 6.45) is 0.